The summed E-state index contributed by atoms with van der Waals surface area (Å²) >= 11 is 3.50. The third kappa shape index (κ3) is 1.73. The quantitative estimate of drug-likeness (QED) is 0.792. The fraction of sp³-hybridized carbons (Fsp3) is 0.250. The molecule has 0 aliphatic heterocycles. The molecule has 0 atom stereocenters. The van der Waals surface area contributed by atoms with Gasteiger partial charge in [-0.1, -0.05) is 6.07 Å². The Balaban J connectivity index is 2.64. The number of carbonyl (C=O) groups is 1. The highest BCUT2D eigenvalue weighted by Gasteiger charge is 2.10. The first-order chi connectivity index (χ1) is 7.67. The Morgan fingerprint density at radius 2 is 2.25 bits per heavy atom. The summed E-state index contributed by atoms with van der Waals surface area (Å²) in [7, 11) is 1.39. The van der Waals surface area contributed by atoms with Crippen LogP contribution in [0.1, 0.15) is 17.3 Å². The number of carbonyl (C=O) groups excluding carboxylic acids is 1. The van der Waals surface area contributed by atoms with Crippen molar-refractivity contribution in [2.75, 3.05) is 7.11 Å². The van der Waals surface area contributed by atoms with Crippen LogP contribution in [0.4, 0.5) is 0 Å². The number of aromatic nitrogens is 1. The van der Waals surface area contributed by atoms with E-state index in [4.69, 9.17) is 4.74 Å². The molecule has 0 saturated carbocycles. The Kier molecular flexibility index (Phi) is 3.01. The lowest BCUT2D eigenvalue weighted by molar-refractivity contribution is 0.0601. The molecule has 0 aliphatic carbocycles. The van der Waals surface area contributed by atoms with Gasteiger partial charge in [0.05, 0.1) is 18.2 Å². The van der Waals surface area contributed by atoms with Gasteiger partial charge >= 0.3 is 5.97 Å². The second-order valence-corrected chi connectivity index (χ2v) is 4.34. The standard InChI is InChI=1S/C12H12BrNO2/c1-3-14-7-10(13)9-5-4-8(6-11(9)14)12(15)16-2/h4-7H,3H2,1-2H3. The predicted molar refractivity (Wildman–Crippen MR) is 66.7 cm³/mol. The summed E-state index contributed by atoms with van der Waals surface area (Å²) in [6.07, 6.45) is 2.02. The van der Waals surface area contributed by atoms with Crippen LogP contribution in [0.25, 0.3) is 10.9 Å². The van der Waals surface area contributed by atoms with Crippen LogP contribution in [-0.2, 0) is 11.3 Å². The van der Waals surface area contributed by atoms with Crippen molar-refractivity contribution < 1.29 is 9.53 Å². The normalized spacial score (nSPS) is 10.7. The van der Waals surface area contributed by atoms with E-state index in [0.29, 0.717) is 5.56 Å². The summed E-state index contributed by atoms with van der Waals surface area (Å²) in [6, 6.07) is 5.56. The Morgan fingerprint density at radius 1 is 1.50 bits per heavy atom. The average molecular weight is 282 g/mol. The molecule has 3 nitrogen and oxygen atoms in total. The number of methoxy groups -OCH3 is 1. The Labute approximate surface area is 102 Å². The highest BCUT2D eigenvalue weighted by Crippen LogP contribution is 2.27. The van der Waals surface area contributed by atoms with Crippen LogP contribution in [-0.4, -0.2) is 17.6 Å². The van der Waals surface area contributed by atoms with Crippen molar-refractivity contribution in [2.45, 2.75) is 13.5 Å². The molecule has 1 heterocycles. The molecule has 1 aromatic carbocycles. The molecule has 16 heavy (non-hydrogen) atoms. The molecule has 0 spiro atoms. The van der Waals surface area contributed by atoms with Crippen molar-refractivity contribution in [1.29, 1.82) is 0 Å². The fourth-order valence-corrected chi connectivity index (χ4v) is 2.34. The molecule has 0 fully saturated rings. The van der Waals surface area contributed by atoms with E-state index < -0.39 is 0 Å². The summed E-state index contributed by atoms with van der Waals surface area (Å²) in [5.41, 5.74) is 1.62. The Morgan fingerprint density at radius 3 is 2.88 bits per heavy atom. The molecule has 0 aliphatic rings. The van der Waals surface area contributed by atoms with E-state index in [-0.39, 0.29) is 5.97 Å². The number of ether oxygens (including phenoxy) is 1. The van der Waals surface area contributed by atoms with Crippen molar-refractivity contribution in [3.05, 3.63) is 34.4 Å². The largest absolute Gasteiger partial charge is 0.465 e. The fourth-order valence-electron chi connectivity index (χ4n) is 1.75. The molecule has 0 bridgehead atoms. The van der Waals surface area contributed by atoms with Gasteiger partial charge in [0.25, 0.3) is 0 Å². The van der Waals surface area contributed by atoms with Gasteiger partial charge in [-0.25, -0.2) is 4.79 Å². The van der Waals surface area contributed by atoms with E-state index in [1.54, 1.807) is 6.07 Å². The van der Waals surface area contributed by atoms with Crippen LogP contribution in [0.3, 0.4) is 0 Å². The van der Waals surface area contributed by atoms with Crippen LogP contribution in [0.15, 0.2) is 28.9 Å². The second kappa shape index (κ2) is 4.29. The third-order valence-corrected chi connectivity index (χ3v) is 3.23. The smallest absolute Gasteiger partial charge is 0.337 e. The van der Waals surface area contributed by atoms with Gasteiger partial charge in [0.2, 0.25) is 0 Å². The molecular weight excluding hydrogens is 270 g/mol. The van der Waals surface area contributed by atoms with Crippen LogP contribution < -0.4 is 0 Å². The maximum Gasteiger partial charge on any atom is 0.337 e. The first-order valence-electron chi connectivity index (χ1n) is 5.04. The minimum atomic E-state index is -0.304. The lowest BCUT2D eigenvalue weighted by Gasteiger charge is -2.02. The molecule has 0 amide bonds. The van der Waals surface area contributed by atoms with Gasteiger partial charge in [-0.2, -0.15) is 0 Å². The number of benzene rings is 1. The number of nitrogens with zero attached hydrogens (tertiary/aromatic N) is 1. The third-order valence-electron chi connectivity index (χ3n) is 2.60. The van der Waals surface area contributed by atoms with Crippen molar-refractivity contribution in [3.8, 4) is 0 Å². The first-order valence-corrected chi connectivity index (χ1v) is 5.83. The molecule has 0 saturated heterocycles. The van der Waals surface area contributed by atoms with Crippen LogP contribution in [0, 0.1) is 0 Å². The topological polar surface area (TPSA) is 31.2 Å². The van der Waals surface area contributed by atoms with E-state index in [0.717, 1.165) is 21.9 Å². The van der Waals surface area contributed by atoms with Crippen molar-refractivity contribution in [3.63, 3.8) is 0 Å². The summed E-state index contributed by atoms with van der Waals surface area (Å²) in [5, 5.41) is 1.11. The highest BCUT2D eigenvalue weighted by atomic mass is 79.9. The van der Waals surface area contributed by atoms with Crippen LogP contribution in [0.5, 0.6) is 0 Å². The number of esters is 1. The highest BCUT2D eigenvalue weighted by molar-refractivity contribution is 9.10. The van der Waals surface area contributed by atoms with Gasteiger partial charge in [0.15, 0.2) is 0 Å². The second-order valence-electron chi connectivity index (χ2n) is 3.49. The molecule has 1 aromatic heterocycles. The molecule has 4 heteroatoms. The molecule has 2 aromatic rings. The summed E-state index contributed by atoms with van der Waals surface area (Å²) < 4.78 is 7.84. The van der Waals surface area contributed by atoms with Crippen LogP contribution in [0.2, 0.25) is 0 Å². The Bertz CT molecular complexity index is 545. The molecule has 0 unspecified atom stereocenters. The molecule has 0 N–H and O–H groups in total. The van der Waals surface area contributed by atoms with Gasteiger partial charge < -0.3 is 9.30 Å². The van der Waals surface area contributed by atoms with Gasteiger partial charge in [-0.3, -0.25) is 0 Å². The van der Waals surface area contributed by atoms with Crippen molar-refractivity contribution in [1.82, 2.24) is 4.57 Å². The van der Waals surface area contributed by atoms with E-state index in [9.17, 15) is 4.79 Å². The SMILES string of the molecule is CCn1cc(Br)c2ccc(C(=O)OC)cc21. The lowest BCUT2D eigenvalue weighted by atomic mass is 10.1. The number of halogens is 1. The number of fused-ring (bicyclic) bond motifs is 1. The molecule has 2 rings (SSSR count). The lowest BCUT2D eigenvalue weighted by Crippen LogP contribution is -2.01. The Hall–Kier alpha value is -1.29. The maximum absolute atomic E-state index is 11.4. The summed E-state index contributed by atoms with van der Waals surface area (Å²) in [5.74, 6) is -0.304. The van der Waals surface area contributed by atoms with Gasteiger partial charge in [-0.05, 0) is 35.0 Å². The molecule has 84 valence electrons. The van der Waals surface area contributed by atoms with Gasteiger partial charge in [0.1, 0.15) is 0 Å². The summed E-state index contributed by atoms with van der Waals surface area (Å²) in [4.78, 5) is 11.4. The monoisotopic (exact) mass is 281 g/mol. The van der Waals surface area contributed by atoms with Gasteiger partial charge in [-0.15, -0.1) is 0 Å². The zero-order valence-electron chi connectivity index (χ0n) is 9.16. The molecule has 0 radical (unpaired) electrons. The predicted octanol–water partition coefficient (Wildman–Crippen LogP) is 3.21. The number of aryl methyl sites for hydroxylation is 1. The van der Waals surface area contributed by atoms with Crippen molar-refractivity contribution in [2.24, 2.45) is 0 Å². The van der Waals surface area contributed by atoms with Gasteiger partial charge in [0, 0.05) is 22.6 Å². The summed E-state index contributed by atoms with van der Waals surface area (Å²) in [6.45, 7) is 2.93. The van der Waals surface area contributed by atoms with E-state index >= 15 is 0 Å². The zero-order valence-corrected chi connectivity index (χ0v) is 10.7. The van der Waals surface area contributed by atoms with E-state index in [1.807, 2.05) is 18.3 Å². The minimum absolute atomic E-state index is 0.304. The first kappa shape index (κ1) is 11.2. The number of hydrogen-bond donors (Lipinski definition) is 0. The van der Waals surface area contributed by atoms with Crippen LogP contribution >= 0.6 is 15.9 Å². The maximum atomic E-state index is 11.4. The molecular formula is C12H12BrNO2. The number of hydrogen-bond acceptors (Lipinski definition) is 2. The minimum Gasteiger partial charge on any atom is -0.465 e. The number of rotatable bonds is 2. The zero-order chi connectivity index (χ0) is 11.7. The van der Waals surface area contributed by atoms with E-state index in [1.165, 1.54) is 7.11 Å². The van der Waals surface area contributed by atoms with Crippen molar-refractivity contribution >= 4 is 32.8 Å². The average Bonchev–Trinajstić information content (AvgIpc) is 2.64. The van der Waals surface area contributed by atoms with E-state index in [2.05, 4.69) is 27.4 Å².